The van der Waals surface area contributed by atoms with E-state index in [1.165, 1.54) is 18.2 Å². The maximum atomic E-state index is 12.1. The number of benzene rings is 1. The van der Waals surface area contributed by atoms with Gasteiger partial charge in [0, 0.05) is 30.2 Å². The van der Waals surface area contributed by atoms with Crippen molar-refractivity contribution in [3.8, 4) is 0 Å². The lowest BCUT2D eigenvalue weighted by molar-refractivity contribution is -0.384. The van der Waals surface area contributed by atoms with E-state index in [-0.39, 0.29) is 34.1 Å². The van der Waals surface area contributed by atoms with Crippen LogP contribution in [0.2, 0.25) is 5.02 Å². The highest BCUT2D eigenvalue weighted by atomic mass is 35.5. The van der Waals surface area contributed by atoms with Crippen molar-refractivity contribution in [3.63, 3.8) is 0 Å². The zero-order chi connectivity index (χ0) is 14.7. The Balaban J connectivity index is 2.08. The molecule has 0 aliphatic carbocycles. The van der Waals surface area contributed by atoms with Crippen LogP contribution in [-0.4, -0.2) is 30.1 Å². The van der Waals surface area contributed by atoms with Crippen LogP contribution in [0, 0.1) is 16.0 Å². The van der Waals surface area contributed by atoms with Gasteiger partial charge in [0.2, 0.25) is 0 Å². The molecular weight excluding hydrogens is 284 g/mol. The minimum Gasteiger partial charge on any atom is -0.381 e. The van der Waals surface area contributed by atoms with Crippen molar-refractivity contribution in [3.05, 3.63) is 38.9 Å². The van der Waals surface area contributed by atoms with Crippen LogP contribution in [-0.2, 0) is 4.74 Å². The molecule has 2 rings (SSSR count). The Morgan fingerprint density at radius 2 is 2.35 bits per heavy atom. The number of nitrogens with one attached hydrogen (secondary N) is 1. The van der Waals surface area contributed by atoms with E-state index in [0.717, 1.165) is 6.42 Å². The third kappa shape index (κ3) is 3.26. The highest BCUT2D eigenvalue weighted by Gasteiger charge is 2.24. The van der Waals surface area contributed by atoms with E-state index in [4.69, 9.17) is 16.3 Å². The van der Waals surface area contributed by atoms with Gasteiger partial charge in [-0.15, -0.1) is 0 Å². The molecule has 2 unspecified atom stereocenters. The van der Waals surface area contributed by atoms with E-state index in [1.807, 2.05) is 6.92 Å². The fourth-order valence-electron chi connectivity index (χ4n) is 2.15. The minimum absolute atomic E-state index is 0.0174. The van der Waals surface area contributed by atoms with Gasteiger partial charge in [0.05, 0.1) is 11.5 Å². The Kier molecular flexibility index (Phi) is 4.57. The lowest BCUT2D eigenvalue weighted by atomic mass is 10.0. The summed E-state index contributed by atoms with van der Waals surface area (Å²) in [5.74, 6) is -0.0644. The molecule has 0 radical (unpaired) electrons. The number of hydrogen-bond donors (Lipinski definition) is 1. The van der Waals surface area contributed by atoms with E-state index in [9.17, 15) is 14.9 Å². The molecule has 1 aromatic rings. The minimum atomic E-state index is -0.604. The molecule has 6 nitrogen and oxygen atoms in total. The van der Waals surface area contributed by atoms with Gasteiger partial charge in [-0.05, 0) is 25.5 Å². The van der Waals surface area contributed by atoms with Gasteiger partial charge in [-0.3, -0.25) is 14.9 Å². The molecule has 20 heavy (non-hydrogen) atoms. The number of nitrogens with zero attached hydrogens (tertiary/aromatic N) is 1. The number of nitro groups is 1. The maximum absolute atomic E-state index is 12.1. The molecule has 1 aliphatic rings. The lowest BCUT2D eigenvalue weighted by Crippen LogP contribution is -2.38. The molecule has 0 saturated carbocycles. The number of rotatable bonds is 4. The summed E-state index contributed by atoms with van der Waals surface area (Å²) in [6.07, 6.45) is 0.905. The predicted octanol–water partition coefficient (Wildman–Crippen LogP) is 2.40. The van der Waals surface area contributed by atoms with Crippen LogP contribution in [0.25, 0.3) is 0 Å². The van der Waals surface area contributed by atoms with Gasteiger partial charge >= 0.3 is 0 Å². The second-order valence-electron chi connectivity index (χ2n) is 4.81. The number of nitro benzene ring substituents is 1. The predicted molar refractivity (Wildman–Crippen MR) is 74.0 cm³/mol. The van der Waals surface area contributed by atoms with Gasteiger partial charge < -0.3 is 10.1 Å². The maximum Gasteiger partial charge on any atom is 0.288 e. The van der Waals surface area contributed by atoms with Crippen LogP contribution < -0.4 is 5.32 Å². The molecule has 2 atom stereocenters. The van der Waals surface area contributed by atoms with E-state index in [2.05, 4.69) is 5.32 Å². The summed E-state index contributed by atoms with van der Waals surface area (Å²) in [5.41, 5.74) is -0.0389. The number of ether oxygens (including phenoxy) is 1. The monoisotopic (exact) mass is 298 g/mol. The summed E-state index contributed by atoms with van der Waals surface area (Å²) in [6.45, 7) is 3.24. The molecule has 1 fully saturated rings. The first kappa shape index (κ1) is 14.7. The largest absolute Gasteiger partial charge is 0.381 e. The summed E-state index contributed by atoms with van der Waals surface area (Å²) in [4.78, 5) is 22.3. The van der Waals surface area contributed by atoms with Gasteiger partial charge in [-0.25, -0.2) is 0 Å². The van der Waals surface area contributed by atoms with Crippen LogP contribution in [0.3, 0.4) is 0 Å². The van der Waals surface area contributed by atoms with Crippen molar-refractivity contribution >= 4 is 23.2 Å². The molecule has 0 spiro atoms. The summed E-state index contributed by atoms with van der Waals surface area (Å²) in [5, 5.41) is 13.7. The van der Waals surface area contributed by atoms with Crippen molar-refractivity contribution in [2.45, 2.75) is 19.4 Å². The van der Waals surface area contributed by atoms with Crippen LogP contribution in [0.4, 0.5) is 5.69 Å². The average molecular weight is 299 g/mol. The van der Waals surface area contributed by atoms with Gasteiger partial charge in [-0.1, -0.05) is 11.6 Å². The summed E-state index contributed by atoms with van der Waals surface area (Å²) < 4.78 is 5.27. The molecule has 7 heteroatoms. The smallest absolute Gasteiger partial charge is 0.288 e. The first-order valence-corrected chi connectivity index (χ1v) is 6.69. The Hall–Kier alpha value is -1.66. The molecule has 1 amide bonds. The molecule has 1 N–H and O–H groups in total. The molecular formula is C13H15ClN2O4. The number of carbonyl (C=O) groups excluding carboxylic acids is 1. The van der Waals surface area contributed by atoms with Crippen LogP contribution in [0.1, 0.15) is 23.7 Å². The van der Waals surface area contributed by atoms with E-state index in [0.29, 0.717) is 13.2 Å². The molecule has 1 saturated heterocycles. The highest BCUT2D eigenvalue weighted by molar-refractivity contribution is 6.32. The third-order valence-corrected chi connectivity index (χ3v) is 3.76. The number of halogens is 1. The zero-order valence-electron chi connectivity index (χ0n) is 11.0. The molecule has 1 aliphatic heterocycles. The van der Waals surface area contributed by atoms with Crippen molar-refractivity contribution in [1.82, 2.24) is 5.32 Å². The molecule has 108 valence electrons. The molecule has 1 aromatic carbocycles. The molecule has 0 aromatic heterocycles. The van der Waals surface area contributed by atoms with Gasteiger partial charge in [0.1, 0.15) is 5.02 Å². The van der Waals surface area contributed by atoms with E-state index >= 15 is 0 Å². The van der Waals surface area contributed by atoms with Crippen molar-refractivity contribution in [2.75, 3.05) is 13.2 Å². The SMILES string of the molecule is CC(NC(=O)c1ccc(Cl)c([N+](=O)[O-])c1)C1CCOC1. The highest BCUT2D eigenvalue weighted by Crippen LogP contribution is 2.25. The fourth-order valence-corrected chi connectivity index (χ4v) is 2.34. The van der Waals surface area contributed by atoms with Crippen LogP contribution in [0.15, 0.2) is 18.2 Å². The van der Waals surface area contributed by atoms with Crippen molar-refractivity contribution in [1.29, 1.82) is 0 Å². The topological polar surface area (TPSA) is 81.5 Å². The van der Waals surface area contributed by atoms with Crippen molar-refractivity contribution < 1.29 is 14.5 Å². The van der Waals surface area contributed by atoms with Crippen molar-refractivity contribution in [2.24, 2.45) is 5.92 Å². The molecule has 1 heterocycles. The first-order chi connectivity index (χ1) is 9.49. The Labute approximate surface area is 121 Å². The summed E-state index contributed by atoms with van der Waals surface area (Å²) in [7, 11) is 0. The van der Waals surface area contributed by atoms with Gasteiger partial charge in [0.25, 0.3) is 11.6 Å². The zero-order valence-corrected chi connectivity index (χ0v) is 11.7. The normalized spacial score (nSPS) is 19.6. The standard InChI is InChI=1S/C13H15ClN2O4/c1-8(10-4-5-20-7-10)15-13(17)9-2-3-11(14)12(6-9)16(18)19/h2-3,6,8,10H,4-5,7H2,1H3,(H,15,17). The Morgan fingerprint density at radius 1 is 1.60 bits per heavy atom. The van der Waals surface area contributed by atoms with Crippen LogP contribution >= 0.6 is 11.6 Å². The average Bonchev–Trinajstić information content (AvgIpc) is 2.92. The Morgan fingerprint density at radius 3 is 2.95 bits per heavy atom. The quantitative estimate of drug-likeness (QED) is 0.683. The number of amides is 1. The first-order valence-electron chi connectivity index (χ1n) is 6.31. The van der Waals surface area contributed by atoms with E-state index < -0.39 is 4.92 Å². The second-order valence-corrected chi connectivity index (χ2v) is 5.22. The van der Waals surface area contributed by atoms with E-state index in [1.54, 1.807) is 0 Å². The Bertz CT molecular complexity index is 529. The fraction of sp³-hybridized carbons (Fsp3) is 0.462. The molecule has 0 bridgehead atoms. The number of hydrogen-bond acceptors (Lipinski definition) is 4. The number of carbonyl (C=O) groups is 1. The lowest BCUT2D eigenvalue weighted by Gasteiger charge is -2.19. The summed E-state index contributed by atoms with van der Waals surface area (Å²) in [6, 6.07) is 3.98. The van der Waals surface area contributed by atoms with Gasteiger partial charge in [0.15, 0.2) is 0 Å². The van der Waals surface area contributed by atoms with Gasteiger partial charge in [-0.2, -0.15) is 0 Å². The second kappa shape index (κ2) is 6.19. The third-order valence-electron chi connectivity index (χ3n) is 3.44. The van der Waals surface area contributed by atoms with Crippen LogP contribution in [0.5, 0.6) is 0 Å². The summed E-state index contributed by atoms with van der Waals surface area (Å²) >= 11 is 5.72.